The first-order chi connectivity index (χ1) is 15.4. The van der Waals surface area contributed by atoms with Crippen molar-refractivity contribution in [3.05, 3.63) is 59.7 Å². The molecule has 0 aromatic heterocycles. The molecule has 8 nitrogen and oxygen atoms in total. The summed E-state index contributed by atoms with van der Waals surface area (Å²) < 4.78 is 0. The van der Waals surface area contributed by atoms with Gasteiger partial charge in [0.1, 0.15) is 11.5 Å². The summed E-state index contributed by atoms with van der Waals surface area (Å²) in [5.74, 6) is -0.0778. The fraction of sp³-hybridized carbons (Fsp3) is 0.333. The van der Waals surface area contributed by atoms with Crippen LogP contribution in [0.25, 0.3) is 0 Å². The predicted molar refractivity (Wildman–Crippen MR) is 125 cm³/mol. The third-order valence-corrected chi connectivity index (χ3v) is 4.76. The minimum Gasteiger partial charge on any atom is -0.508 e. The van der Waals surface area contributed by atoms with Gasteiger partial charge in [0.15, 0.2) is 0 Å². The highest BCUT2D eigenvalue weighted by atomic mass is 16.3. The minimum absolute atomic E-state index is 0.175. The number of amides is 2. The maximum atomic E-state index is 12.0. The molecule has 8 heteroatoms. The Balaban J connectivity index is 1.72. The van der Waals surface area contributed by atoms with Crippen molar-refractivity contribution in [1.82, 2.24) is 10.9 Å². The van der Waals surface area contributed by atoms with Crippen LogP contribution in [0.3, 0.4) is 0 Å². The average Bonchev–Trinajstić information content (AvgIpc) is 2.79. The number of nitrogens with one attached hydrogen (secondary N) is 2. The fourth-order valence-corrected chi connectivity index (χ4v) is 2.95. The van der Waals surface area contributed by atoms with Crippen LogP contribution in [0.2, 0.25) is 0 Å². The van der Waals surface area contributed by atoms with Gasteiger partial charge in [-0.3, -0.25) is 9.59 Å². The summed E-state index contributed by atoms with van der Waals surface area (Å²) in [5.41, 5.74) is 8.21. The van der Waals surface area contributed by atoms with Crippen LogP contribution in [0.5, 0.6) is 11.5 Å². The number of carbonyl (C=O) groups excluding carboxylic acids is 2. The predicted octanol–water partition coefficient (Wildman–Crippen LogP) is 3.82. The zero-order chi connectivity index (χ0) is 23.3. The molecule has 2 amide bonds. The molecule has 170 valence electrons. The van der Waals surface area contributed by atoms with Gasteiger partial charge < -0.3 is 10.2 Å². The van der Waals surface area contributed by atoms with E-state index in [9.17, 15) is 19.8 Å². The first-order valence-electron chi connectivity index (χ1n) is 10.7. The lowest BCUT2D eigenvalue weighted by Gasteiger charge is -2.06. The Kier molecular flexibility index (Phi) is 9.90. The Hall–Kier alpha value is -3.68. The van der Waals surface area contributed by atoms with Gasteiger partial charge in [0.05, 0.1) is 11.4 Å². The number of carbonyl (C=O) groups is 2. The molecule has 0 aliphatic rings. The standard InChI is InChI=1S/C24H30N4O4/c1-3-21(17-9-13-19(29)14-10-17)25-27-23(31)7-5-6-8-24(32)28-26-22(4-2)18-11-15-20(30)16-12-18/h9-16,29-30H,3-8H2,1-2H3,(H,27,31)(H,28,32)/b25-21+,26-22+. The maximum Gasteiger partial charge on any atom is 0.240 e. The lowest BCUT2D eigenvalue weighted by atomic mass is 10.1. The van der Waals surface area contributed by atoms with E-state index in [1.807, 2.05) is 13.8 Å². The van der Waals surface area contributed by atoms with Gasteiger partial charge in [0.25, 0.3) is 0 Å². The van der Waals surface area contributed by atoms with E-state index in [4.69, 9.17) is 0 Å². The molecule has 2 aromatic carbocycles. The van der Waals surface area contributed by atoms with Crippen LogP contribution in [-0.2, 0) is 9.59 Å². The van der Waals surface area contributed by atoms with Gasteiger partial charge >= 0.3 is 0 Å². The van der Waals surface area contributed by atoms with E-state index < -0.39 is 0 Å². The quantitative estimate of drug-likeness (QED) is 0.242. The monoisotopic (exact) mass is 438 g/mol. The van der Waals surface area contributed by atoms with E-state index in [0.29, 0.717) is 25.7 Å². The lowest BCUT2D eigenvalue weighted by molar-refractivity contribution is -0.123. The summed E-state index contributed by atoms with van der Waals surface area (Å²) in [4.78, 5) is 24.1. The van der Waals surface area contributed by atoms with Crippen molar-refractivity contribution in [3.8, 4) is 11.5 Å². The van der Waals surface area contributed by atoms with E-state index in [2.05, 4.69) is 21.1 Å². The van der Waals surface area contributed by atoms with Gasteiger partial charge in [0.2, 0.25) is 11.8 Å². The van der Waals surface area contributed by atoms with Crippen molar-refractivity contribution in [2.75, 3.05) is 0 Å². The molecule has 4 N–H and O–H groups in total. The molecule has 0 aliphatic carbocycles. The summed E-state index contributed by atoms with van der Waals surface area (Å²) >= 11 is 0. The smallest absolute Gasteiger partial charge is 0.240 e. The number of phenolic OH excluding ortho intramolecular Hbond substituents is 2. The van der Waals surface area contributed by atoms with Gasteiger partial charge in [-0.15, -0.1) is 0 Å². The molecule has 0 saturated heterocycles. The summed E-state index contributed by atoms with van der Waals surface area (Å²) in [6.07, 6.45) is 2.90. The number of unbranched alkanes of at least 4 members (excludes halogenated alkanes) is 1. The van der Waals surface area contributed by atoms with Gasteiger partial charge in [-0.25, -0.2) is 10.9 Å². The van der Waals surface area contributed by atoms with E-state index >= 15 is 0 Å². The van der Waals surface area contributed by atoms with Crippen LogP contribution in [0.1, 0.15) is 63.5 Å². The highest BCUT2D eigenvalue weighted by Gasteiger charge is 2.07. The topological polar surface area (TPSA) is 123 Å². The van der Waals surface area contributed by atoms with Gasteiger partial charge in [-0.1, -0.05) is 13.8 Å². The van der Waals surface area contributed by atoms with Crippen molar-refractivity contribution < 1.29 is 19.8 Å². The molecule has 0 aliphatic heterocycles. The zero-order valence-electron chi connectivity index (χ0n) is 18.5. The molecular weight excluding hydrogens is 408 g/mol. The Morgan fingerprint density at radius 2 is 1.03 bits per heavy atom. The fourth-order valence-electron chi connectivity index (χ4n) is 2.95. The first kappa shape index (κ1) is 24.6. The van der Waals surface area contributed by atoms with Crippen molar-refractivity contribution in [2.24, 2.45) is 10.2 Å². The Labute approximate surface area is 188 Å². The van der Waals surface area contributed by atoms with Crippen LogP contribution in [0.15, 0.2) is 58.7 Å². The van der Waals surface area contributed by atoms with E-state index in [-0.39, 0.29) is 36.2 Å². The molecule has 2 aromatic rings. The second-order valence-electron chi connectivity index (χ2n) is 7.19. The van der Waals surface area contributed by atoms with Crippen LogP contribution in [0, 0.1) is 0 Å². The summed E-state index contributed by atoms with van der Waals surface area (Å²) in [6.45, 7) is 3.87. The Morgan fingerprint density at radius 3 is 1.34 bits per heavy atom. The number of rotatable bonds is 11. The minimum atomic E-state index is -0.214. The van der Waals surface area contributed by atoms with Crippen molar-refractivity contribution in [3.63, 3.8) is 0 Å². The van der Waals surface area contributed by atoms with Crippen LogP contribution in [0.4, 0.5) is 0 Å². The number of aromatic hydroxyl groups is 2. The number of nitrogens with zero attached hydrogens (tertiary/aromatic N) is 2. The normalized spacial score (nSPS) is 11.8. The highest BCUT2D eigenvalue weighted by Crippen LogP contribution is 2.13. The molecule has 2 rings (SSSR count). The molecule has 0 radical (unpaired) electrons. The molecule has 0 fully saturated rings. The molecule has 32 heavy (non-hydrogen) atoms. The Bertz CT molecular complexity index is 871. The van der Waals surface area contributed by atoms with E-state index in [1.54, 1.807) is 48.5 Å². The Morgan fingerprint density at radius 1 is 0.688 bits per heavy atom. The second kappa shape index (κ2) is 12.9. The molecule has 0 unspecified atom stereocenters. The highest BCUT2D eigenvalue weighted by molar-refractivity contribution is 6.01. The average molecular weight is 439 g/mol. The number of hydrogen-bond donors (Lipinski definition) is 4. The van der Waals surface area contributed by atoms with E-state index in [1.165, 1.54) is 0 Å². The third-order valence-electron chi connectivity index (χ3n) is 4.76. The molecule has 0 saturated carbocycles. The second-order valence-corrected chi connectivity index (χ2v) is 7.19. The number of hydrazone groups is 2. The van der Waals surface area contributed by atoms with Crippen LogP contribution in [-0.4, -0.2) is 33.5 Å². The number of benzene rings is 2. The third kappa shape index (κ3) is 8.22. The maximum absolute atomic E-state index is 12.0. The number of hydrogen-bond acceptors (Lipinski definition) is 6. The molecule has 0 heterocycles. The summed E-state index contributed by atoms with van der Waals surface area (Å²) in [6, 6.07) is 13.3. The first-order valence-corrected chi connectivity index (χ1v) is 10.7. The molecular formula is C24H30N4O4. The van der Waals surface area contributed by atoms with Gasteiger partial charge in [-0.05, 0) is 85.3 Å². The molecule has 0 spiro atoms. The summed E-state index contributed by atoms with van der Waals surface area (Å²) in [7, 11) is 0. The van der Waals surface area contributed by atoms with Crippen LogP contribution >= 0.6 is 0 Å². The van der Waals surface area contributed by atoms with Crippen LogP contribution < -0.4 is 10.9 Å². The number of phenols is 2. The SMILES string of the molecule is CC/C(=N\NC(=O)CCCCC(=O)N/N=C(\CC)c1ccc(O)cc1)c1ccc(O)cc1. The van der Waals surface area contributed by atoms with Crippen molar-refractivity contribution in [2.45, 2.75) is 52.4 Å². The largest absolute Gasteiger partial charge is 0.508 e. The van der Waals surface area contributed by atoms with Gasteiger partial charge in [-0.2, -0.15) is 10.2 Å². The van der Waals surface area contributed by atoms with E-state index in [0.717, 1.165) is 22.6 Å². The van der Waals surface area contributed by atoms with Crippen molar-refractivity contribution >= 4 is 23.2 Å². The van der Waals surface area contributed by atoms with Crippen molar-refractivity contribution in [1.29, 1.82) is 0 Å². The summed E-state index contributed by atoms with van der Waals surface area (Å²) in [5, 5.41) is 27.1. The lowest BCUT2D eigenvalue weighted by Crippen LogP contribution is -2.21. The molecule has 0 atom stereocenters. The van der Waals surface area contributed by atoms with Gasteiger partial charge in [0, 0.05) is 12.8 Å². The zero-order valence-corrected chi connectivity index (χ0v) is 18.5. The molecule has 0 bridgehead atoms.